The zero-order chi connectivity index (χ0) is 18.5. The fraction of sp³-hybridized carbons (Fsp3) is 0.368. The maximum Gasteiger partial charge on any atom is 0.119 e. The number of hydrogen-bond acceptors (Lipinski definition) is 4. The monoisotopic (exact) mass is 414 g/mol. The van der Waals surface area contributed by atoms with Crippen LogP contribution >= 0.6 is 34.8 Å². The largest absolute Gasteiger partial charge is 0.491 e. The third kappa shape index (κ3) is 5.66. The van der Waals surface area contributed by atoms with Crippen LogP contribution in [-0.2, 0) is 0 Å². The first-order valence-electron chi connectivity index (χ1n) is 8.49. The number of rotatable bonds is 6. The lowest BCUT2D eigenvalue weighted by atomic mass is 10.2. The fourth-order valence-electron chi connectivity index (χ4n) is 2.98. The van der Waals surface area contributed by atoms with Crippen LogP contribution in [0.25, 0.3) is 0 Å². The standard InChI is InChI=1S/C19H21Cl3N2O2/c20-14-1-3-19(4-2-14)26-13-18(25)12-23-5-7-24(8-6-23)17-10-15(21)9-16(22)11-17/h1-4,9-11,18,25H,5-8,12-13H2. The third-order valence-electron chi connectivity index (χ3n) is 4.31. The smallest absolute Gasteiger partial charge is 0.119 e. The Labute approximate surface area is 168 Å². The highest BCUT2D eigenvalue weighted by molar-refractivity contribution is 6.35. The predicted octanol–water partition coefficient (Wildman–Crippen LogP) is 4.21. The molecule has 3 rings (SSSR count). The van der Waals surface area contributed by atoms with Crippen molar-refractivity contribution < 1.29 is 9.84 Å². The number of β-amino-alcohol motifs (C(OH)–C–C–N with tert-alkyl or cyclic N) is 1. The molecule has 0 amide bonds. The molecule has 0 radical (unpaired) electrons. The number of piperazine rings is 1. The van der Waals surface area contributed by atoms with Crippen LogP contribution in [0.4, 0.5) is 5.69 Å². The molecular formula is C19H21Cl3N2O2. The summed E-state index contributed by atoms with van der Waals surface area (Å²) in [5.41, 5.74) is 1.04. The predicted molar refractivity (Wildman–Crippen MR) is 108 cm³/mol. The Morgan fingerprint density at radius 2 is 1.50 bits per heavy atom. The normalized spacial score (nSPS) is 16.5. The highest BCUT2D eigenvalue weighted by atomic mass is 35.5. The molecule has 0 aromatic heterocycles. The van der Waals surface area contributed by atoms with Crippen LogP contribution in [0.3, 0.4) is 0 Å². The molecule has 1 unspecified atom stereocenters. The number of hydrogen-bond donors (Lipinski definition) is 1. The second-order valence-corrected chi connectivity index (χ2v) is 7.64. The summed E-state index contributed by atoms with van der Waals surface area (Å²) in [6.07, 6.45) is -0.544. The summed E-state index contributed by atoms with van der Waals surface area (Å²) < 4.78 is 5.61. The lowest BCUT2D eigenvalue weighted by Gasteiger charge is -2.37. The van der Waals surface area contributed by atoms with Crippen LogP contribution in [0.1, 0.15) is 0 Å². The minimum atomic E-state index is -0.544. The van der Waals surface area contributed by atoms with Gasteiger partial charge in [-0.25, -0.2) is 0 Å². The SMILES string of the molecule is OC(COc1ccc(Cl)cc1)CN1CCN(c2cc(Cl)cc(Cl)c2)CC1. The number of nitrogens with zero attached hydrogens (tertiary/aromatic N) is 2. The van der Waals surface area contributed by atoms with Crippen LogP contribution in [0.2, 0.25) is 15.1 Å². The lowest BCUT2D eigenvalue weighted by molar-refractivity contribution is 0.0663. The number of anilines is 1. The molecule has 140 valence electrons. The molecule has 0 spiro atoms. The molecule has 26 heavy (non-hydrogen) atoms. The van der Waals surface area contributed by atoms with E-state index in [0.29, 0.717) is 27.4 Å². The maximum absolute atomic E-state index is 10.2. The van der Waals surface area contributed by atoms with Gasteiger partial charge < -0.3 is 14.7 Å². The van der Waals surface area contributed by atoms with E-state index in [9.17, 15) is 5.11 Å². The molecule has 1 aliphatic heterocycles. The Morgan fingerprint density at radius 1 is 0.885 bits per heavy atom. The molecule has 2 aromatic rings. The van der Waals surface area contributed by atoms with Gasteiger partial charge in [-0.15, -0.1) is 0 Å². The van der Waals surface area contributed by atoms with Gasteiger partial charge in [-0.2, -0.15) is 0 Å². The van der Waals surface area contributed by atoms with Crippen LogP contribution < -0.4 is 9.64 Å². The van der Waals surface area contributed by atoms with Gasteiger partial charge in [0.15, 0.2) is 0 Å². The van der Waals surface area contributed by atoms with Gasteiger partial charge in [-0.1, -0.05) is 34.8 Å². The summed E-state index contributed by atoms with van der Waals surface area (Å²) >= 11 is 18.0. The molecule has 1 aliphatic rings. The van der Waals surface area contributed by atoms with Crippen LogP contribution in [0.5, 0.6) is 5.75 Å². The molecule has 1 heterocycles. The van der Waals surface area contributed by atoms with Gasteiger partial charge in [-0.3, -0.25) is 4.90 Å². The van der Waals surface area contributed by atoms with Crippen molar-refractivity contribution >= 4 is 40.5 Å². The van der Waals surface area contributed by atoms with Gasteiger partial charge in [0.2, 0.25) is 0 Å². The highest BCUT2D eigenvalue weighted by Gasteiger charge is 2.20. The van der Waals surface area contributed by atoms with Crippen LogP contribution in [0.15, 0.2) is 42.5 Å². The number of ether oxygens (including phenoxy) is 1. The molecule has 0 saturated carbocycles. The van der Waals surface area contributed by atoms with Crippen molar-refractivity contribution in [3.8, 4) is 5.75 Å². The minimum absolute atomic E-state index is 0.256. The van der Waals surface area contributed by atoms with E-state index in [1.54, 1.807) is 30.3 Å². The van der Waals surface area contributed by atoms with Crippen LogP contribution in [-0.4, -0.2) is 55.4 Å². The molecular weight excluding hydrogens is 395 g/mol. The molecule has 1 saturated heterocycles. The van der Waals surface area contributed by atoms with E-state index < -0.39 is 6.10 Å². The summed E-state index contributed by atoms with van der Waals surface area (Å²) in [6.45, 7) is 4.29. The number of aliphatic hydroxyl groups is 1. The van der Waals surface area contributed by atoms with E-state index in [-0.39, 0.29) is 6.61 Å². The average molecular weight is 416 g/mol. The molecule has 7 heteroatoms. The summed E-state index contributed by atoms with van der Waals surface area (Å²) in [5, 5.41) is 12.2. The Balaban J connectivity index is 1.43. The maximum atomic E-state index is 10.2. The first kappa shape index (κ1) is 19.6. The molecule has 1 N–H and O–H groups in total. The molecule has 2 aromatic carbocycles. The van der Waals surface area contributed by atoms with Gasteiger partial charge in [0, 0.05) is 53.5 Å². The van der Waals surface area contributed by atoms with E-state index in [0.717, 1.165) is 31.9 Å². The molecule has 0 bridgehead atoms. The quantitative estimate of drug-likeness (QED) is 0.767. The Morgan fingerprint density at radius 3 is 2.12 bits per heavy atom. The third-order valence-corrected chi connectivity index (χ3v) is 5.00. The second kappa shape index (κ2) is 9.16. The Hall–Kier alpha value is -1.17. The van der Waals surface area contributed by atoms with Crippen molar-refractivity contribution in [1.29, 1.82) is 0 Å². The van der Waals surface area contributed by atoms with Gasteiger partial charge in [0.25, 0.3) is 0 Å². The van der Waals surface area contributed by atoms with Gasteiger partial charge in [0.05, 0.1) is 0 Å². The lowest BCUT2D eigenvalue weighted by Crippen LogP contribution is -2.49. The minimum Gasteiger partial charge on any atom is -0.491 e. The van der Waals surface area contributed by atoms with Gasteiger partial charge >= 0.3 is 0 Å². The van der Waals surface area contributed by atoms with Crippen molar-refractivity contribution in [2.45, 2.75) is 6.10 Å². The zero-order valence-corrected chi connectivity index (χ0v) is 16.5. The molecule has 4 nitrogen and oxygen atoms in total. The van der Waals surface area contributed by atoms with E-state index in [1.807, 2.05) is 12.1 Å². The van der Waals surface area contributed by atoms with Crippen molar-refractivity contribution in [2.75, 3.05) is 44.2 Å². The summed E-state index contributed by atoms with van der Waals surface area (Å²) in [4.78, 5) is 4.49. The first-order valence-corrected chi connectivity index (χ1v) is 9.63. The topological polar surface area (TPSA) is 35.9 Å². The van der Waals surface area contributed by atoms with Crippen molar-refractivity contribution in [3.63, 3.8) is 0 Å². The van der Waals surface area contributed by atoms with Gasteiger partial charge in [0.1, 0.15) is 18.5 Å². The molecule has 1 atom stereocenters. The summed E-state index contributed by atoms with van der Waals surface area (Å²) in [5.74, 6) is 0.705. The van der Waals surface area contributed by atoms with Crippen molar-refractivity contribution in [2.24, 2.45) is 0 Å². The van der Waals surface area contributed by atoms with Crippen LogP contribution in [0, 0.1) is 0 Å². The van der Waals surface area contributed by atoms with Gasteiger partial charge in [-0.05, 0) is 42.5 Å². The van der Waals surface area contributed by atoms with E-state index in [4.69, 9.17) is 39.5 Å². The second-order valence-electron chi connectivity index (χ2n) is 6.33. The average Bonchev–Trinajstić information content (AvgIpc) is 2.61. The summed E-state index contributed by atoms with van der Waals surface area (Å²) in [6, 6.07) is 12.7. The van der Waals surface area contributed by atoms with Crippen molar-refractivity contribution in [1.82, 2.24) is 4.90 Å². The van der Waals surface area contributed by atoms with Crippen molar-refractivity contribution in [3.05, 3.63) is 57.5 Å². The van der Waals surface area contributed by atoms with E-state index in [2.05, 4.69) is 9.80 Å². The Kier molecular flexibility index (Phi) is 6.90. The molecule has 0 aliphatic carbocycles. The number of halogens is 3. The Bertz CT molecular complexity index is 699. The van der Waals surface area contributed by atoms with E-state index >= 15 is 0 Å². The molecule has 1 fully saturated rings. The zero-order valence-electron chi connectivity index (χ0n) is 14.2. The fourth-order valence-corrected chi connectivity index (χ4v) is 3.62. The summed E-state index contributed by atoms with van der Waals surface area (Å²) in [7, 11) is 0. The number of benzene rings is 2. The van der Waals surface area contributed by atoms with E-state index in [1.165, 1.54) is 0 Å². The highest BCUT2D eigenvalue weighted by Crippen LogP contribution is 2.26. The first-order chi connectivity index (χ1) is 12.5. The number of aliphatic hydroxyl groups excluding tert-OH is 1.